The zero-order valence-corrected chi connectivity index (χ0v) is 16.3. The van der Waals surface area contributed by atoms with Crippen molar-refractivity contribution < 1.29 is 4.79 Å². The van der Waals surface area contributed by atoms with Crippen molar-refractivity contribution in [2.45, 2.75) is 19.8 Å². The second kappa shape index (κ2) is 7.87. The Hall–Kier alpha value is -3.11. The van der Waals surface area contributed by atoms with Gasteiger partial charge in [0, 0.05) is 35.0 Å². The SMILES string of the molecule is Cc1c(C(=O)Nc2cccc(Cl)c2)c2ccccn2c1CCc1ccncc1. The first-order valence-electron chi connectivity index (χ1n) is 9.18. The number of fused-ring (bicyclic) bond motifs is 1. The lowest BCUT2D eigenvalue weighted by molar-refractivity contribution is 0.102. The van der Waals surface area contributed by atoms with Crippen molar-refractivity contribution in [1.29, 1.82) is 0 Å². The summed E-state index contributed by atoms with van der Waals surface area (Å²) in [6, 6.07) is 17.2. The van der Waals surface area contributed by atoms with Gasteiger partial charge in [0.2, 0.25) is 0 Å². The highest BCUT2D eigenvalue weighted by Crippen LogP contribution is 2.26. The van der Waals surface area contributed by atoms with Crippen LogP contribution >= 0.6 is 11.6 Å². The van der Waals surface area contributed by atoms with Crippen LogP contribution in [0.5, 0.6) is 0 Å². The van der Waals surface area contributed by atoms with E-state index >= 15 is 0 Å². The number of anilines is 1. The molecule has 4 nitrogen and oxygen atoms in total. The van der Waals surface area contributed by atoms with E-state index in [0.29, 0.717) is 16.3 Å². The molecule has 1 N–H and O–H groups in total. The molecule has 3 heterocycles. The summed E-state index contributed by atoms with van der Waals surface area (Å²) in [5.74, 6) is -0.126. The third kappa shape index (κ3) is 3.64. The molecule has 0 unspecified atom stereocenters. The molecule has 0 fully saturated rings. The molecule has 0 saturated heterocycles. The Labute approximate surface area is 168 Å². The van der Waals surface area contributed by atoms with Gasteiger partial charge < -0.3 is 9.72 Å². The van der Waals surface area contributed by atoms with Crippen LogP contribution in [0.25, 0.3) is 5.52 Å². The Morgan fingerprint density at radius 1 is 1.07 bits per heavy atom. The molecule has 28 heavy (non-hydrogen) atoms. The average Bonchev–Trinajstić information content (AvgIpc) is 2.98. The van der Waals surface area contributed by atoms with Crippen LogP contribution in [0.4, 0.5) is 5.69 Å². The number of pyridine rings is 2. The molecule has 4 aromatic rings. The summed E-state index contributed by atoms with van der Waals surface area (Å²) in [7, 11) is 0. The van der Waals surface area contributed by atoms with Crippen molar-refractivity contribution in [2.24, 2.45) is 0 Å². The molecule has 0 bridgehead atoms. The molecule has 0 aliphatic carbocycles. The van der Waals surface area contributed by atoms with Gasteiger partial charge in [0.15, 0.2) is 0 Å². The monoisotopic (exact) mass is 389 g/mol. The fourth-order valence-electron chi connectivity index (χ4n) is 3.57. The van der Waals surface area contributed by atoms with Gasteiger partial charge in [-0.05, 0) is 73.4 Å². The van der Waals surface area contributed by atoms with Crippen molar-refractivity contribution in [3.63, 3.8) is 0 Å². The standard InChI is InChI=1S/C23H20ClN3O/c1-16-20(9-8-17-10-12-25-13-11-17)27-14-3-2-7-21(27)22(16)23(28)26-19-6-4-5-18(24)15-19/h2-7,10-15H,8-9H2,1H3,(H,26,28). The van der Waals surface area contributed by atoms with E-state index in [-0.39, 0.29) is 5.91 Å². The van der Waals surface area contributed by atoms with E-state index in [1.54, 1.807) is 12.1 Å². The van der Waals surface area contributed by atoms with Crippen molar-refractivity contribution in [3.8, 4) is 0 Å². The Morgan fingerprint density at radius 3 is 2.68 bits per heavy atom. The van der Waals surface area contributed by atoms with E-state index in [0.717, 1.165) is 29.6 Å². The highest BCUT2D eigenvalue weighted by molar-refractivity contribution is 6.31. The van der Waals surface area contributed by atoms with Crippen molar-refractivity contribution in [3.05, 3.63) is 101 Å². The highest BCUT2D eigenvalue weighted by Gasteiger charge is 2.20. The van der Waals surface area contributed by atoms with Crippen LogP contribution in [-0.4, -0.2) is 15.3 Å². The third-order valence-electron chi connectivity index (χ3n) is 4.92. The molecule has 0 spiro atoms. The number of hydrogen-bond donors (Lipinski definition) is 1. The minimum absolute atomic E-state index is 0.126. The highest BCUT2D eigenvalue weighted by atomic mass is 35.5. The summed E-state index contributed by atoms with van der Waals surface area (Å²) in [5.41, 5.74) is 5.66. The van der Waals surface area contributed by atoms with Crippen LogP contribution in [0.15, 0.2) is 73.2 Å². The summed E-state index contributed by atoms with van der Waals surface area (Å²) in [6.07, 6.45) is 7.36. The number of rotatable bonds is 5. The lowest BCUT2D eigenvalue weighted by Gasteiger charge is -2.06. The van der Waals surface area contributed by atoms with Gasteiger partial charge in [-0.1, -0.05) is 23.7 Å². The topological polar surface area (TPSA) is 46.4 Å². The smallest absolute Gasteiger partial charge is 0.258 e. The zero-order chi connectivity index (χ0) is 19.5. The number of amides is 1. The van der Waals surface area contributed by atoms with Crippen LogP contribution in [0.2, 0.25) is 5.02 Å². The first-order chi connectivity index (χ1) is 13.6. The number of nitrogens with zero attached hydrogens (tertiary/aromatic N) is 2. The van der Waals surface area contributed by atoms with Gasteiger partial charge in [-0.15, -0.1) is 0 Å². The summed E-state index contributed by atoms with van der Waals surface area (Å²) >= 11 is 6.04. The van der Waals surface area contributed by atoms with Gasteiger partial charge in [0.25, 0.3) is 5.91 Å². The van der Waals surface area contributed by atoms with Gasteiger partial charge in [-0.25, -0.2) is 0 Å². The van der Waals surface area contributed by atoms with Crippen LogP contribution in [-0.2, 0) is 12.8 Å². The normalized spacial score (nSPS) is 10.9. The van der Waals surface area contributed by atoms with Crippen molar-refractivity contribution >= 4 is 28.7 Å². The molecule has 5 heteroatoms. The number of halogens is 1. The Bertz CT molecular complexity index is 1140. The minimum Gasteiger partial charge on any atom is -0.322 e. The first-order valence-corrected chi connectivity index (χ1v) is 9.55. The molecular formula is C23H20ClN3O. The van der Waals surface area contributed by atoms with E-state index in [2.05, 4.69) is 14.7 Å². The van der Waals surface area contributed by atoms with Gasteiger partial charge in [0.1, 0.15) is 0 Å². The second-order valence-electron chi connectivity index (χ2n) is 6.72. The lowest BCUT2D eigenvalue weighted by atomic mass is 10.0. The van der Waals surface area contributed by atoms with Crippen LogP contribution in [0.1, 0.15) is 27.2 Å². The summed E-state index contributed by atoms with van der Waals surface area (Å²) in [4.78, 5) is 17.1. The number of hydrogen-bond acceptors (Lipinski definition) is 2. The molecule has 0 radical (unpaired) electrons. The lowest BCUT2D eigenvalue weighted by Crippen LogP contribution is -2.12. The molecule has 1 amide bonds. The van der Waals surface area contributed by atoms with Crippen LogP contribution in [0, 0.1) is 6.92 Å². The van der Waals surface area contributed by atoms with Gasteiger partial charge >= 0.3 is 0 Å². The fraction of sp³-hybridized carbons (Fsp3) is 0.130. The molecular weight excluding hydrogens is 370 g/mol. The van der Waals surface area contributed by atoms with Crippen molar-refractivity contribution in [2.75, 3.05) is 5.32 Å². The Kier molecular flexibility index (Phi) is 5.13. The van der Waals surface area contributed by atoms with Gasteiger partial charge in [-0.3, -0.25) is 9.78 Å². The quantitative estimate of drug-likeness (QED) is 0.501. The molecule has 0 aliphatic heterocycles. The summed E-state index contributed by atoms with van der Waals surface area (Å²) in [5, 5.41) is 3.57. The number of carbonyl (C=O) groups excluding carboxylic acids is 1. The molecule has 140 valence electrons. The molecule has 1 aromatic carbocycles. The van der Waals surface area contributed by atoms with Gasteiger partial charge in [-0.2, -0.15) is 0 Å². The molecule has 0 aliphatic rings. The van der Waals surface area contributed by atoms with E-state index < -0.39 is 0 Å². The van der Waals surface area contributed by atoms with Gasteiger partial charge in [0.05, 0.1) is 11.1 Å². The fourth-order valence-corrected chi connectivity index (χ4v) is 3.76. The predicted molar refractivity (Wildman–Crippen MR) is 113 cm³/mol. The van der Waals surface area contributed by atoms with Crippen molar-refractivity contribution in [1.82, 2.24) is 9.38 Å². The summed E-state index contributed by atoms with van der Waals surface area (Å²) in [6.45, 7) is 2.02. The third-order valence-corrected chi connectivity index (χ3v) is 5.16. The number of aryl methyl sites for hydroxylation is 2. The molecule has 4 rings (SSSR count). The van der Waals surface area contributed by atoms with E-state index in [1.807, 2.05) is 68.0 Å². The number of aromatic nitrogens is 2. The number of carbonyl (C=O) groups is 1. The minimum atomic E-state index is -0.126. The largest absolute Gasteiger partial charge is 0.322 e. The molecule has 3 aromatic heterocycles. The number of nitrogens with one attached hydrogen (secondary N) is 1. The van der Waals surface area contributed by atoms with Crippen LogP contribution in [0.3, 0.4) is 0 Å². The maximum Gasteiger partial charge on any atom is 0.258 e. The molecule has 0 saturated carbocycles. The Morgan fingerprint density at radius 2 is 1.89 bits per heavy atom. The van der Waals surface area contributed by atoms with E-state index in [9.17, 15) is 4.79 Å². The predicted octanol–water partition coefficient (Wildman–Crippen LogP) is 5.33. The molecule has 0 atom stereocenters. The first kappa shape index (κ1) is 18.3. The average molecular weight is 390 g/mol. The maximum absolute atomic E-state index is 13.1. The number of benzene rings is 1. The van der Waals surface area contributed by atoms with Crippen LogP contribution < -0.4 is 5.32 Å². The summed E-state index contributed by atoms with van der Waals surface area (Å²) < 4.78 is 2.11. The zero-order valence-electron chi connectivity index (χ0n) is 15.5. The Balaban J connectivity index is 1.68. The van der Waals surface area contributed by atoms with E-state index in [4.69, 9.17) is 11.6 Å². The maximum atomic E-state index is 13.1. The van der Waals surface area contributed by atoms with E-state index in [1.165, 1.54) is 5.56 Å². The second-order valence-corrected chi connectivity index (χ2v) is 7.16.